The highest BCUT2D eigenvalue weighted by molar-refractivity contribution is 5.53. The molecule has 3 aromatic carbocycles. The van der Waals surface area contributed by atoms with Gasteiger partial charge >= 0.3 is 0 Å². The van der Waals surface area contributed by atoms with E-state index in [2.05, 4.69) is 56.3 Å². The van der Waals surface area contributed by atoms with E-state index in [0.29, 0.717) is 17.1 Å². The number of benzene rings is 3. The second kappa shape index (κ2) is 13.8. The Morgan fingerprint density at radius 1 is 0.618 bits per heavy atom. The molecule has 8 heteroatoms. The molecule has 0 saturated heterocycles. The van der Waals surface area contributed by atoms with Crippen LogP contribution in [0.2, 0.25) is 0 Å². The van der Waals surface area contributed by atoms with Crippen molar-refractivity contribution in [2.75, 3.05) is 18.0 Å². The molecule has 0 heterocycles. The summed E-state index contributed by atoms with van der Waals surface area (Å²) in [5, 5.41) is 17.1. The molecule has 0 aliphatic rings. The van der Waals surface area contributed by atoms with Gasteiger partial charge in [0, 0.05) is 18.8 Å². The smallest absolute Gasteiger partial charge is 0.167 e. The molecule has 0 radical (unpaired) electrons. The van der Waals surface area contributed by atoms with Crippen molar-refractivity contribution in [3.8, 4) is 5.75 Å². The fraction of sp³-hybridized carbons (Fsp3) is 0.308. The lowest BCUT2D eigenvalue weighted by Crippen LogP contribution is -2.25. The summed E-state index contributed by atoms with van der Waals surface area (Å²) in [5.74, 6) is 5.35. The Kier molecular flexibility index (Phi) is 10.2. The lowest BCUT2D eigenvalue weighted by atomic mass is 10.2. The van der Waals surface area contributed by atoms with Crippen molar-refractivity contribution in [1.29, 1.82) is 0 Å². The minimum atomic E-state index is 0.483. The number of hydrogen-bond acceptors (Lipinski definition) is 8. The van der Waals surface area contributed by atoms with Gasteiger partial charge in [-0.05, 0) is 85.6 Å². The first-order valence-electron chi connectivity index (χ1n) is 11.6. The molecule has 0 aromatic heterocycles. The lowest BCUT2D eigenvalue weighted by molar-refractivity contribution is -0.211. The third-order valence-corrected chi connectivity index (χ3v) is 5.17. The van der Waals surface area contributed by atoms with E-state index in [1.54, 1.807) is 24.3 Å². The number of rotatable bonds is 13. The lowest BCUT2D eigenvalue weighted by Gasteiger charge is -2.24. The van der Waals surface area contributed by atoms with Gasteiger partial charge in [-0.25, -0.2) is 0 Å². The topological polar surface area (TPSA) is 97.2 Å². The fourth-order valence-electron chi connectivity index (χ4n) is 3.24. The van der Waals surface area contributed by atoms with Crippen LogP contribution in [-0.2, 0) is 4.99 Å². The van der Waals surface area contributed by atoms with Crippen molar-refractivity contribution in [2.24, 2.45) is 26.4 Å². The van der Waals surface area contributed by atoms with Crippen molar-refractivity contribution in [3.05, 3.63) is 72.8 Å². The predicted octanol–water partition coefficient (Wildman–Crippen LogP) is 8.11. The van der Waals surface area contributed by atoms with Crippen LogP contribution in [0.3, 0.4) is 0 Å². The predicted molar refractivity (Wildman–Crippen MR) is 136 cm³/mol. The van der Waals surface area contributed by atoms with Crippen LogP contribution >= 0.6 is 0 Å². The average molecular weight is 461 g/mol. The van der Waals surface area contributed by atoms with Gasteiger partial charge in [0.2, 0.25) is 0 Å². The zero-order valence-corrected chi connectivity index (χ0v) is 19.8. The summed E-state index contributed by atoms with van der Waals surface area (Å²) in [6.07, 6.45) is 4.80. The Morgan fingerprint density at radius 3 is 1.38 bits per heavy atom. The maximum atomic E-state index is 4.87. The fourth-order valence-corrected chi connectivity index (χ4v) is 3.24. The van der Waals surface area contributed by atoms with Crippen LogP contribution in [0.1, 0.15) is 39.5 Å². The number of azo groups is 2. The normalized spacial score (nSPS) is 11.4. The quantitative estimate of drug-likeness (QED) is 0.158. The van der Waals surface area contributed by atoms with E-state index in [1.807, 2.05) is 36.4 Å². The number of anilines is 1. The third kappa shape index (κ3) is 8.06. The molecule has 0 fully saturated rings. The van der Waals surface area contributed by atoms with Crippen LogP contribution in [0.5, 0.6) is 5.75 Å². The molecule has 0 unspecified atom stereocenters. The highest BCUT2D eigenvalue weighted by Crippen LogP contribution is 2.26. The second-order valence-corrected chi connectivity index (χ2v) is 7.80. The van der Waals surface area contributed by atoms with Gasteiger partial charge in [0.15, 0.2) is 5.75 Å². The van der Waals surface area contributed by atoms with Gasteiger partial charge in [0.05, 0.1) is 22.7 Å². The van der Waals surface area contributed by atoms with Crippen LogP contribution in [0.4, 0.5) is 28.4 Å². The summed E-state index contributed by atoms with van der Waals surface area (Å²) in [6.45, 7) is 6.63. The first-order valence-corrected chi connectivity index (χ1v) is 11.6. The van der Waals surface area contributed by atoms with Gasteiger partial charge in [-0.2, -0.15) is 26.4 Å². The molecule has 3 aromatic rings. The van der Waals surface area contributed by atoms with Gasteiger partial charge in [0.1, 0.15) is 0 Å². The van der Waals surface area contributed by atoms with E-state index in [-0.39, 0.29) is 0 Å². The van der Waals surface area contributed by atoms with Crippen molar-refractivity contribution in [2.45, 2.75) is 39.5 Å². The highest BCUT2D eigenvalue weighted by Gasteiger charge is 2.05. The summed E-state index contributed by atoms with van der Waals surface area (Å²) in [7, 11) is 0. The molecular weight excluding hydrogens is 428 g/mol. The number of nitrogens with zero attached hydrogens (tertiary/aromatic N) is 5. The molecule has 178 valence electrons. The molecule has 0 atom stereocenters. The number of unbranched alkanes of at least 4 members (excludes halogenated alkanes) is 2. The molecule has 0 bridgehead atoms. The zero-order chi connectivity index (χ0) is 24.0. The van der Waals surface area contributed by atoms with Crippen molar-refractivity contribution in [1.82, 2.24) is 0 Å². The average Bonchev–Trinajstić information content (AvgIpc) is 2.88. The molecule has 0 spiro atoms. The minimum absolute atomic E-state index is 0.483. The molecule has 34 heavy (non-hydrogen) atoms. The number of nitrogens with two attached hydrogens (primary N) is 1. The van der Waals surface area contributed by atoms with Crippen molar-refractivity contribution < 1.29 is 9.88 Å². The van der Waals surface area contributed by atoms with E-state index in [9.17, 15) is 0 Å². The summed E-state index contributed by atoms with van der Waals surface area (Å²) >= 11 is 0. The summed E-state index contributed by atoms with van der Waals surface area (Å²) in [5.41, 5.74) is 4.21. The minimum Gasteiger partial charge on any atom is -0.372 e. The Labute approximate surface area is 201 Å². The highest BCUT2D eigenvalue weighted by atomic mass is 17.3. The molecule has 8 nitrogen and oxygen atoms in total. The van der Waals surface area contributed by atoms with Gasteiger partial charge in [-0.15, -0.1) is 0 Å². The van der Waals surface area contributed by atoms with E-state index < -0.39 is 0 Å². The Hall–Kier alpha value is -3.62. The maximum absolute atomic E-state index is 4.87. The zero-order valence-electron chi connectivity index (χ0n) is 19.8. The van der Waals surface area contributed by atoms with E-state index in [0.717, 1.165) is 24.5 Å². The largest absolute Gasteiger partial charge is 0.372 e. The number of hydrogen-bond donors (Lipinski definition) is 1. The molecule has 0 amide bonds. The first kappa shape index (κ1) is 25.0. The van der Waals surface area contributed by atoms with E-state index >= 15 is 0 Å². The van der Waals surface area contributed by atoms with E-state index in [4.69, 9.17) is 10.8 Å². The summed E-state index contributed by atoms with van der Waals surface area (Å²) in [4.78, 5) is 11.3. The van der Waals surface area contributed by atoms with Gasteiger partial charge in [0.25, 0.3) is 0 Å². The molecule has 0 aliphatic heterocycles. The first-order chi connectivity index (χ1) is 16.7. The second-order valence-electron chi connectivity index (χ2n) is 7.80. The third-order valence-electron chi connectivity index (χ3n) is 5.17. The van der Waals surface area contributed by atoms with Crippen LogP contribution in [0.25, 0.3) is 0 Å². The molecule has 2 N–H and O–H groups in total. The molecular formula is C26H32N6O2. The van der Waals surface area contributed by atoms with Gasteiger partial charge in [-0.3, -0.25) is 0 Å². The van der Waals surface area contributed by atoms with Crippen LogP contribution in [0, 0.1) is 0 Å². The van der Waals surface area contributed by atoms with Gasteiger partial charge in [-0.1, -0.05) is 31.7 Å². The maximum Gasteiger partial charge on any atom is 0.167 e. The molecule has 3 rings (SSSR count). The Balaban J connectivity index is 1.57. The SMILES string of the molecule is CCCCN(CCCC)c1ccc(N=Nc2ccc(N=Nc3ccc(OON)cc3)cc2)cc1. The standard InChI is InChI=1S/C26H32N6O2/c1-3-5-19-32(20-6-4-2)25-15-11-23(12-16-25)30-28-21-7-9-22(10-8-21)29-31-24-13-17-26(18-14-24)33-34-27/h7-18H,3-6,19-20,27H2,1-2H3. The summed E-state index contributed by atoms with van der Waals surface area (Å²) in [6, 6.07) is 22.6. The Morgan fingerprint density at radius 2 is 1.00 bits per heavy atom. The van der Waals surface area contributed by atoms with Crippen molar-refractivity contribution >= 4 is 28.4 Å². The monoisotopic (exact) mass is 460 g/mol. The van der Waals surface area contributed by atoms with E-state index in [1.165, 1.54) is 31.4 Å². The van der Waals surface area contributed by atoms with Crippen LogP contribution in [-0.4, -0.2) is 13.1 Å². The molecule has 0 aliphatic carbocycles. The Bertz CT molecular complexity index is 1030. The van der Waals surface area contributed by atoms with Gasteiger partial charge < -0.3 is 9.79 Å². The van der Waals surface area contributed by atoms with Crippen LogP contribution < -0.4 is 15.7 Å². The van der Waals surface area contributed by atoms with Crippen molar-refractivity contribution in [3.63, 3.8) is 0 Å². The summed E-state index contributed by atoms with van der Waals surface area (Å²) < 4.78 is 0. The molecule has 0 saturated carbocycles. The van der Waals surface area contributed by atoms with Crippen LogP contribution in [0.15, 0.2) is 93.3 Å².